The summed E-state index contributed by atoms with van der Waals surface area (Å²) in [5.41, 5.74) is -0.269. The Balaban J connectivity index is 2.06. The first kappa shape index (κ1) is 12.8. The van der Waals surface area contributed by atoms with Crippen molar-refractivity contribution in [3.05, 3.63) is 0 Å². The van der Waals surface area contributed by atoms with E-state index >= 15 is 0 Å². The van der Waals surface area contributed by atoms with Crippen LogP contribution in [0.1, 0.15) is 26.2 Å². The number of carbonyl (C=O) groups excluding carboxylic acids is 1. The van der Waals surface area contributed by atoms with E-state index in [2.05, 4.69) is 0 Å². The third-order valence-corrected chi connectivity index (χ3v) is 6.05. The molecule has 0 saturated carbocycles. The number of hydrogen-bond donors (Lipinski definition) is 0. The summed E-state index contributed by atoms with van der Waals surface area (Å²) in [4.78, 5) is 13.8. The van der Waals surface area contributed by atoms with Crippen molar-refractivity contribution in [1.29, 1.82) is 0 Å². The highest BCUT2D eigenvalue weighted by atomic mass is 32.2. The van der Waals surface area contributed by atoms with Crippen molar-refractivity contribution in [3.8, 4) is 0 Å². The van der Waals surface area contributed by atoms with Gasteiger partial charge in [0, 0.05) is 26.7 Å². The Morgan fingerprint density at radius 2 is 1.71 bits per heavy atom. The first-order valence-electron chi connectivity index (χ1n) is 6.15. The van der Waals surface area contributed by atoms with Crippen LogP contribution in [0.25, 0.3) is 0 Å². The molecule has 2 aliphatic rings. The van der Waals surface area contributed by atoms with Crippen molar-refractivity contribution in [2.24, 2.45) is 5.41 Å². The first-order chi connectivity index (χ1) is 7.91. The SMILES string of the molecule is CCS(=O)(=O)N1CCC2(CCN(C)C2=O)CC1. The van der Waals surface area contributed by atoms with Crippen molar-refractivity contribution in [3.63, 3.8) is 0 Å². The molecule has 5 nitrogen and oxygen atoms in total. The van der Waals surface area contributed by atoms with Gasteiger partial charge in [-0.05, 0) is 26.2 Å². The molecule has 0 radical (unpaired) electrons. The highest BCUT2D eigenvalue weighted by Crippen LogP contribution is 2.41. The molecule has 2 saturated heterocycles. The van der Waals surface area contributed by atoms with Gasteiger partial charge in [-0.1, -0.05) is 0 Å². The molecular weight excluding hydrogens is 240 g/mol. The van der Waals surface area contributed by atoms with E-state index in [-0.39, 0.29) is 17.1 Å². The Kier molecular flexibility index (Phi) is 3.20. The van der Waals surface area contributed by atoms with Crippen LogP contribution in [-0.4, -0.2) is 56.0 Å². The van der Waals surface area contributed by atoms with Crippen LogP contribution in [-0.2, 0) is 14.8 Å². The fourth-order valence-corrected chi connectivity index (χ4v) is 3.94. The van der Waals surface area contributed by atoms with E-state index in [0.29, 0.717) is 25.9 Å². The number of rotatable bonds is 2. The normalized spacial score (nSPS) is 25.8. The quantitative estimate of drug-likeness (QED) is 0.716. The summed E-state index contributed by atoms with van der Waals surface area (Å²) in [6.07, 6.45) is 2.23. The molecule has 1 spiro atoms. The van der Waals surface area contributed by atoms with Crippen molar-refractivity contribution >= 4 is 15.9 Å². The molecule has 0 atom stereocenters. The highest BCUT2D eigenvalue weighted by molar-refractivity contribution is 7.89. The van der Waals surface area contributed by atoms with E-state index in [9.17, 15) is 13.2 Å². The molecule has 0 bridgehead atoms. The number of hydrogen-bond acceptors (Lipinski definition) is 3. The van der Waals surface area contributed by atoms with Crippen LogP contribution >= 0.6 is 0 Å². The van der Waals surface area contributed by atoms with Crippen molar-refractivity contribution in [2.45, 2.75) is 26.2 Å². The van der Waals surface area contributed by atoms with Crippen molar-refractivity contribution in [2.75, 3.05) is 32.4 Å². The van der Waals surface area contributed by atoms with Gasteiger partial charge in [0.25, 0.3) is 0 Å². The van der Waals surface area contributed by atoms with Crippen LogP contribution in [0, 0.1) is 5.41 Å². The number of amides is 1. The second-order valence-corrected chi connectivity index (χ2v) is 7.31. The van der Waals surface area contributed by atoms with Gasteiger partial charge < -0.3 is 4.90 Å². The maximum Gasteiger partial charge on any atom is 0.228 e. The molecule has 98 valence electrons. The molecule has 0 aliphatic carbocycles. The summed E-state index contributed by atoms with van der Waals surface area (Å²) in [6.45, 7) is 3.46. The third-order valence-electron chi connectivity index (χ3n) is 4.16. The summed E-state index contributed by atoms with van der Waals surface area (Å²) in [6, 6.07) is 0. The molecule has 6 heteroatoms. The summed E-state index contributed by atoms with van der Waals surface area (Å²) < 4.78 is 25.0. The number of carbonyl (C=O) groups is 1. The Morgan fingerprint density at radius 1 is 1.18 bits per heavy atom. The molecule has 1 amide bonds. The average Bonchev–Trinajstić information content (AvgIpc) is 2.59. The Labute approximate surface area is 103 Å². The molecule has 0 aromatic rings. The third kappa shape index (κ3) is 2.08. The largest absolute Gasteiger partial charge is 0.345 e. The lowest BCUT2D eigenvalue weighted by Crippen LogP contribution is -2.46. The number of likely N-dealkylation sites (tertiary alicyclic amines) is 1. The van der Waals surface area contributed by atoms with Gasteiger partial charge in [-0.2, -0.15) is 0 Å². The maximum absolute atomic E-state index is 12.1. The van der Waals surface area contributed by atoms with Gasteiger partial charge in [0.2, 0.25) is 15.9 Å². The Bertz CT molecular complexity index is 410. The molecule has 17 heavy (non-hydrogen) atoms. The van der Waals surface area contributed by atoms with Gasteiger partial charge >= 0.3 is 0 Å². The molecule has 2 rings (SSSR count). The minimum absolute atomic E-state index is 0.147. The maximum atomic E-state index is 12.1. The van der Waals surface area contributed by atoms with E-state index in [1.54, 1.807) is 11.8 Å². The molecule has 0 unspecified atom stereocenters. The van der Waals surface area contributed by atoms with Crippen LogP contribution in [0.15, 0.2) is 0 Å². The van der Waals surface area contributed by atoms with E-state index in [1.165, 1.54) is 4.31 Å². The summed E-state index contributed by atoms with van der Waals surface area (Å²) in [5, 5.41) is 0. The number of nitrogens with zero attached hydrogens (tertiary/aromatic N) is 2. The molecule has 2 fully saturated rings. The summed E-state index contributed by atoms with van der Waals surface area (Å²) in [5.74, 6) is 0.347. The van der Waals surface area contributed by atoms with Crippen LogP contribution in [0.2, 0.25) is 0 Å². The summed E-state index contributed by atoms with van der Waals surface area (Å²) >= 11 is 0. The minimum atomic E-state index is -3.09. The first-order valence-corrected chi connectivity index (χ1v) is 7.76. The van der Waals surface area contributed by atoms with E-state index < -0.39 is 10.0 Å². The van der Waals surface area contributed by atoms with Crippen LogP contribution in [0.3, 0.4) is 0 Å². The van der Waals surface area contributed by atoms with Gasteiger partial charge in [0.1, 0.15) is 0 Å². The van der Waals surface area contributed by atoms with Crippen molar-refractivity contribution in [1.82, 2.24) is 9.21 Å². The predicted molar refractivity (Wildman–Crippen MR) is 65.0 cm³/mol. The van der Waals surface area contributed by atoms with E-state index in [1.807, 2.05) is 7.05 Å². The number of piperidine rings is 1. The second-order valence-electron chi connectivity index (χ2n) is 5.06. The molecular formula is C11H20N2O3S. The van der Waals surface area contributed by atoms with Crippen LogP contribution < -0.4 is 0 Å². The van der Waals surface area contributed by atoms with Crippen LogP contribution in [0.5, 0.6) is 0 Å². The van der Waals surface area contributed by atoms with Gasteiger partial charge in [-0.15, -0.1) is 0 Å². The average molecular weight is 260 g/mol. The van der Waals surface area contributed by atoms with Gasteiger partial charge in [0.05, 0.1) is 11.2 Å². The molecule has 0 aromatic heterocycles. The fraction of sp³-hybridized carbons (Fsp3) is 0.909. The van der Waals surface area contributed by atoms with E-state index in [0.717, 1.165) is 13.0 Å². The van der Waals surface area contributed by atoms with Crippen LogP contribution in [0.4, 0.5) is 0 Å². The predicted octanol–water partition coefficient (Wildman–Crippen LogP) is 0.280. The fourth-order valence-electron chi connectivity index (χ4n) is 2.83. The number of sulfonamides is 1. The lowest BCUT2D eigenvalue weighted by Gasteiger charge is -2.36. The molecule has 2 heterocycles. The molecule has 2 aliphatic heterocycles. The standard InChI is InChI=1S/C11H20N2O3S/c1-3-17(15,16)13-8-5-11(6-9-13)4-7-12(2)10(11)14/h3-9H2,1-2H3. The zero-order chi connectivity index (χ0) is 12.7. The highest BCUT2D eigenvalue weighted by Gasteiger charge is 2.47. The van der Waals surface area contributed by atoms with Gasteiger partial charge in [-0.3, -0.25) is 4.79 Å². The Hall–Kier alpha value is -0.620. The van der Waals surface area contributed by atoms with Gasteiger partial charge in [-0.25, -0.2) is 12.7 Å². The topological polar surface area (TPSA) is 57.7 Å². The zero-order valence-corrected chi connectivity index (χ0v) is 11.3. The monoisotopic (exact) mass is 260 g/mol. The molecule has 0 aromatic carbocycles. The van der Waals surface area contributed by atoms with Gasteiger partial charge in [0.15, 0.2) is 0 Å². The zero-order valence-electron chi connectivity index (χ0n) is 10.5. The van der Waals surface area contributed by atoms with E-state index in [4.69, 9.17) is 0 Å². The Morgan fingerprint density at radius 3 is 2.12 bits per heavy atom. The van der Waals surface area contributed by atoms with Crippen molar-refractivity contribution < 1.29 is 13.2 Å². The lowest BCUT2D eigenvalue weighted by atomic mass is 9.78. The summed E-state index contributed by atoms with van der Waals surface area (Å²) in [7, 11) is -1.26. The second kappa shape index (κ2) is 4.24. The molecule has 0 N–H and O–H groups in total. The minimum Gasteiger partial charge on any atom is -0.345 e. The smallest absolute Gasteiger partial charge is 0.228 e. The lowest BCUT2D eigenvalue weighted by molar-refractivity contribution is -0.136.